The van der Waals surface area contributed by atoms with E-state index in [1.165, 1.54) is 0 Å². The first-order chi connectivity index (χ1) is 7.79. The quantitative estimate of drug-likeness (QED) is 0.552. The van der Waals surface area contributed by atoms with Gasteiger partial charge in [0.1, 0.15) is 5.17 Å². The van der Waals surface area contributed by atoms with Gasteiger partial charge in [-0.3, -0.25) is 0 Å². The first kappa shape index (κ1) is 15.9. The fourth-order valence-corrected chi connectivity index (χ4v) is 1.44. The van der Waals surface area contributed by atoms with Gasteiger partial charge in [0.15, 0.2) is 0 Å². The number of allylic oxidation sites excluding steroid dienone is 3. The molecule has 0 aliphatic carbocycles. The molecule has 0 aromatic carbocycles. The summed E-state index contributed by atoms with van der Waals surface area (Å²) in [6.07, 6.45) is 2.60. The Hall–Kier alpha value is -1.09. The van der Waals surface area contributed by atoms with E-state index in [0.717, 1.165) is 0 Å². The fraction of sp³-hybridized carbons (Fsp3) is 0.538. The van der Waals surface area contributed by atoms with Crippen molar-refractivity contribution in [2.24, 2.45) is 22.6 Å². The summed E-state index contributed by atoms with van der Waals surface area (Å²) in [6, 6.07) is 0. The van der Waals surface area contributed by atoms with Crippen molar-refractivity contribution < 1.29 is 0 Å². The number of hydrogen-bond donors (Lipinski definition) is 2. The average Bonchev–Trinajstić information content (AvgIpc) is 2.24. The molecule has 0 saturated carbocycles. The van der Waals surface area contributed by atoms with Crippen molar-refractivity contribution in [2.45, 2.75) is 34.1 Å². The second-order valence-corrected chi connectivity index (χ2v) is 4.92. The van der Waals surface area contributed by atoms with E-state index in [-0.39, 0.29) is 0 Å². The minimum Gasteiger partial charge on any atom is -0.396 e. The van der Waals surface area contributed by atoms with Crippen LogP contribution in [0.2, 0.25) is 0 Å². The summed E-state index contributed by atoms with van der Waals surface area (Å²) in [7, 11) is 0. The molecule has 0 aromatic rings. The highest BCUT2D eigenvalue weighted by Gasteiger charge is 2.14. The third kappa shape index (κ3) is 5.68. The molecular formula is C13H22ClN3. The van der Waals surface area contributed by atoms with Gasteiger partial charge < -0.3 is 11.1 Å². The van der Waals surface area contributed by atoms with Crippen molar-refractivity contribution >= 4 is 22.5 Å². The van der Waals surface area contributed by atoms with Gasteiger partial charge in [0.25, 0.3) is 0 Å². The summed E-state index contributed by atoms with van der Waals surface area (Å²) >= 11 is 5.79. The molecule has 2 atom stereocenters. The molecule has 3 nitrogen and oxygen atoms in total. The predicted octanol–water partition coefficient (Wildman–Crippen LogP) is 3.70. The van der Waals surface area contributed by atoms with Crippen LogP contribution >= 0.6 is 11.6 Å². The zero-order valence-corrected chi connectivity index (χ0v) is 11.8. The molecule has 3 N–H and O–H groups in total. The molecule has 0 aliphatic rings. The highest BCUT2D eigenvalue weighted by molar-refractivity contribution is 6.64. The molecule has 96 valence electrons. The molecular weight excluding hydrogens is 234 g/mol. The van der Waals surface area contributed by atoms with Gasteiger partial charge in [-0.1, -0.05) is 31.5 Å². The van der Waals surface area contributed by atoms with E-state index in [2.05, 4.69) is 25.4 Å². The second kappa shape index (κ2) is 7.28. The molecule has 17 heavy (non-hydrogen) atoms. The zero-order valence-electron chi connectivity index (χ0n) is 11.0. The summed E-state index contributed by atoms with van der Waals surface area (Å²) in [5, 5.41) is 7.99. The topological polar surface area (TPSA) is 62.2 Å². The van der Waals surface area contributed by atoms with Gasteiger partial charge in [0.05, 0.1) is 17.1 Å². The zero-order chi connectivity index (χ0) is 13.6. The van der Waals surface area contributed by atoms with Crippen molar-refractivity contribution in [3.8, 4) is 0 Å². The van der Waals surface area contributed by atoms with Crippen LogP contribution in [-0.2, 0) is 0 Å². The first-order valence-corrected chi connectivity index (χ1v) is 6.04. The first-order valence-electron chi connectivity index (χ1n) is 5.67. The minimum atomic E-state index is 0.320. The van der Waals surface area contributed by atoms with Gasteiger partial charge in [-0.2, -0.15) is 0 Å². The van der Waals surface area contributed by atoms with Crippen LogP contribution in [0.25, 0.3) is 0 Å². The van der Waals surface area contributed by atoms with Gasteiger partial charge in [0, 0.05) is 0 Å². The van der Waals surface area contributed by atoms with Gasteiger partial charge >= 0.3 is 0 Å². The molecule has 0 amide bonds. The normalized spacial score (nSPS) is 17.1. The largest absolute Gasteiger partial charge is 0.396 e. The fourth-order valence-electron chi connectivity index (χ4n) is 1.34. The van der Waals surface area contributed by atoms with Crippen LogP contribution in [0.3, 0.4) is 0 Å². The Bertz CT molecular complexity index is 352. The molecule has 4 heteroatoms. The Morgan fingerprint density at radius 3 is 2.35 bits per heavy atom. The Kier molecular flexibility index (Phi) is 6.81. The van der Waals surface area contributed by atoms with Gasteiger partial charge in [-0.25, -0.2) is 4.99 Å². The number of aliphatic imine (C=N–C) groups is 1. The summed E-state index contributed by atoms with van der Waals surface area (Å²) < 4.78 is 0. The lowest BCUT2D eigenvalue weighted by molar-refractivity contribution is 0.454. The standard InChI is InChI=1S/C13H22ClN3/c1-6-8(2)9(3)7-12(17-11(5)14)13(16)10(4)15/h6,8-9,15H,1,7,16H2,2-5H3/b13-12+,15-10?,17-11+. The molecule has 2 unspecified atom stereocenters. The Balaban J connectivity index is 5.11. The van der Waals surface area contributed by atoms with Crippen molar-refractivity contribution in [1.29, 1.82) is 5.41 Å². The third-order valence-electron chi connectivity index (χ3n) is 2.79. The maximum Gasteiger partial charge on any atom is 0.103 e. The van der Waals surface area contributed by atoms with Crippen LogP contribution in [0.1, 0.15) is 34.1 Å². The highest BCUT2D eigenvalue weighted by Crippen LogP contribution is 2.23. The maximum atomic E-state index is 7.56. The molecule has 0 aliphatic heterocycles. The van der Waals surface area contributed by atoms with Crippen LogP contribution < -0.4 is 5.73 Å². The van der Waals surface area contributed by atoms with Crippen LogP contribution in [0.5, 0.6) is 0 Å². The summed E-state index contributed by atoms with van der Waals surface area (Å²) in [6.45, 7) is 11.3. The van der Waals surface area contributed by atoms with Crippen LogP contribution in [-0.4, -0.2) is 10.9 Å². The number of hydrogen-bond acceptors (Lipinski definition) is 3. The van der Waals surface area contributed by atoms with E-state index in [9.17, 15) is 0 Å². The minimum absolute atomic E-state index is 0.320. The number of nitrogens with two attached hydrogens (primary N) is 1. The summed E-state index contributed by atoms with van der Waals surface area (Å²) in [5.74, 6) is 0.731. The lowest BCUT2D eigenvalue weighted by Gasteiger charge is -2.17. The second-order valence-electron chi connectivity index (χ2n) is 4.37. The molecule has 0 bridgehead atoms. The third-order valence-corrected chi connectivity index (χ3v) is 2.87. The van der Waals surface area contributed by atoms with Gasteiger partial charge in [-0.15, -0.1) is 6.58 Å². The monoisotopic (exact) mass is 255 g/mol. The number of halogens is 1. The van der Waals surface area contributed by atoms with Gasteiger partial charge in [-0.05, 0) is 32.1 Å². The van der Waals surface area contributed by atoms with E-state index in [4.69, 9.17) is 22.7 Å². The van der Waals surface area contributed by atoms with Crippen LogP contribution in [0.4, 0.5) is 0 Å². The Labute approximate surface area is 109 Å². The van der Waals surface area contributed by atoms with Crippen molar-refractivity contribution in [3.05, 3.63) is 24.0 Å². The summed E-state index contributed by atoms with van der Waals surface area (Å²) in [5.41, 5.74) is 7.28. The van der Waals surface area contributed by atoms with Crippen LogP contribution in [0.15, 0.2) is 29.0 Å². The predicted molar refractivity (Wildman–Crippen MR) is 76.7 cm³/mol. The van der Waals surface area contributed by atoms with E-state index in [1.54, 1.807) is 13.8 Å². The van der Waals surface area contributed by atoms with Crippen LogP contribution in [0, 0.1) is 17.2 Å². The highest BCUT2D eigenvalue weighted by atomic mass is 35.5. The molecule has 0 radical (unpaired) electrons. The van der Waals surface area contributed by atoms with E-state index < -0.39 is 0 Å². The molecule has 0 saturated heterocycles. The van der Waals surface area contributed by atoms with E-state index in [0.29, 0.717) is 40.5 Å². The Morgan fingerprint density at radius 2 is 2.00 bits per heavy atom. The molecule has 0 rings (SSSR count). The van der Waals surface area contributed by atoms with Crippen molar-refractivity contribution in [3.63, 3.8) is 0 Å². The number of nitrogens with zero attached hydrogens (tertiary/aromatic N) is 1. The molecule has 0 fully saturated rings. The Morgan fingerprint density at radius 1 is 1.47 bits per heavy atom. The van der Waals surface area contributed by atoms with E-state index in [1.807, 2.05) is 6.08 Å². The summed E-state index contributed by atoms with van der Waals surface area (Å²) in [4.78, 5) is 4.22. The SMILES string of the molecule is C=CC(C)C(C)CC(/N=C(\C)Cl)=C(\N)C(C)=N. The smallest absolute Gasteiger partial charge is 0.103 e. The maximum absolute atomic E-state index is 7.56. The van der Waals surface area contributed by atoms with Crippen molar-refractivity contribution in [2.75, 3.05) is 0 Å². The van der Waals surface area contributed by atoms with Crippen molar-refractivity contribution in [1.82, 2.24) is 0 Å². The molecule has 0 heterocycles. The average molecular weight is 256 g/mol. The molecule has 0 aromatic heterocycles. The molecule has 0 spiro atoms. The van der Waals surface area contributed by atoms with E-state index >= 15 is 0 Å². The number of rotatable bonds is 6. The lowest BCUT2D eigenvalue weighted by atomic mass is 9.91. The lowest BCUT2D eigenvalue weighted by Crippen LogP contribution is -2.14. The number of nitrogens with one attached hydrogen (secondary N) is 1. The van der Waals surface area contributed by atoms with Gasteiger partial charge in [0.2, 0.25) is 0 Å².